The number of rotatable bonds is 0. The van der Waals surface area contributed by atoms with Gasteiger partial charge in [0.05, 0.1) is 5.52 Å². The van der Waals surface area contributed by atoms with Gasteiger partial charge in [-0.3, -0.25) is 4.98 Å². The van der Waals surface area contributed by atoms with Crippen LogP contribution < -0.4 is 6.15 Å². The first-order valence-electron chi connectivity index (χ1n) is 3.26. The van der Waals surface area contributed by atoms with E-state index < -0.39 is 0 Å². The molecule has 1 aromatic heterocycles. The Bertz CT molecular complexity index is 279. The Labute approximate surface area is 65.5 Å². The normalized spacial score (nSPS) is 9.09. The first kappa shape index (κ1) is 7.69. The molecule has 0 N–H and O–H groups in total. The number of aromatic nitrogens is 1. The van der Waals surface area contributed by atoms with Crippen molar-refractivity contribution in [1.82, 2.24) is 11.1 Å². The SMILES string of the molecule is [N].c1ccc2ncccc2c1. The second kappa shape index (κ2) is 3.12. The lowest BCUT2D eigenvalue weighted by Crippen LogP contribution is -1.73. The summed E-state index contributed by atoms with van der Waals surface area (Å²) in [6.07, 6.45) is 1.81. The molecule has 0 spiro atoms. The molecule has 0 bridgehead atoms. The van der Waals surface area contributed by atoms with Crippen LogP contribution in [0.15, 0.2) is 42.6 Å². The fourth-order valence-corrected chi connectivity index (χ4v) is 1.02. The van der Waals surface area contributed by atoms with Gasteiger partial charge in [-0.25, -0.2) is 0 Å². The number of benzene rings is 1. The van der Waals surface area contributed by atoms with E-state index in [1.807, 2.05) is 30.5 Å². The topological polar surface area (TPSA) is 43.4 Å². The zero-order valence-corrected chi connectivity index (χ0v) is 5.94. The van der Waals surface area contributed by atoms with Gasteiger partial charge in [-0.1, -0.05) is 24.3 Å². The average Bonchev–Trinajstić information content (AvgIpc) is 2.05. The van der Waals surface area contributed by atoms with Crippen molar-refractivity contribution in [3.8, 4) is 0 Å². The fraction of sp³-hybridized carbons (Fsp3) is 0. The minimum absolute atomic E-state index is 0. The molecule has 53 valence electrons. The van der Waals surface area contributed by atoms with E-state index in [0.29, 0.717) is 0 Å². The van der Waals surface area contributed by atoms with Gasteiger partial charge in [-0.05, 0) is 12.1 Å². The van der Waals surface area contributed by atoms with Gasteiger partial charge in [0.15, 0.2) is 0 Å². The molecule has 0 saturated carbocycles. The molecule has 2 heteroatoms. The Morgan fingerprint density at radius 1 is 0.909 bits per heavy atom. The molecule has 0 atom stereocenters. The van der Waals surface area contributed by atoms with E-state index in [1.54, 1.807) is 0 Å². The van der Waals surface area contributed by atoms with Crippen LogP contribution in [0.25, 0.3) is 10.9 Å². The van der Waals surface area contributed by atoms with Crippen LogP contribution in [0.2, 0.25) is 0 Å². The van der Waals surface area contributed by atoms with Gasteiger partial charge < -0.3 is 0 Å². The lowest BCUT2D eigenvalue weighted by Gasteiger charge is -1.91. The highest BCUT2D eigenvalue weighted by atomic mass is 14.6. The molecule has 0 unspecified atom stereocenters. The average molecular weight is 143 g/mol. The quantitative estimate of drug-likeness (QED) is 0.554. The summed E-state index contributed by atoms with van der Waals surface area (Å²) in [4.78, 5) is 4.18. The highest BCUT2D eigenvalue weighted by Crippen LogP contribution is 2.07. The van der Waals surface area contributed by atoms with Crippen LogP contribution in [-0.4, -0.2) is 4.98 Å². The fourth-order valence-electron chi connectivity index (χ4n) is 1.02. The van der Waals surface area contributed by atoms with Crippen molar-refractivity contribution in [2.45, 2.75) is 0 Å². The largest absolute Gasteiger partial charge is 0.256 e. The second-order valence-corrected chi connectivity index (χ2v) is 2.20. The van der Waals surface area contributed by atoms with Crippen molar-refractivity contribution >= 4 is 10.9 Å². The van der Waals surface area contributed by atoms with E-state index in [9.17, 15) is 0 Å². The van der Waals surface area contributed by atoms with Crippen molar-refractivity contribution in [2.24, 2.45) is 0 Å². The predicted octanol–water partition coefficient (Wildman–Crippen LogP) is 1.75. The zero-order valence-electron chi connectivity index (χ0n) is 5.94. The third kappa shape index (κ3) is 1.36. The Morgan fingerprint density at radius 3 is 2.45 bits per heavy atom. The molecule has 0 fully saturated rings. The maximum atomic E-state index is 4.18. The summed E-state index contributed by atoms with van der Waals surface area (Å²) < 4.78 is 0. The lowest BCUT2D eigenvalue weighted by molar-refractivity contribution is 1.41. The molecule has 2 rings (SSSR count). The van der Waals surface area contributed by atoms with Crippen molar-refractivity contribution in [3.05, 3.63) is 42.6 Å². The van der Waals surface area contributed by atoms with Crippen LogP contribution in [0.4, 0.5) is 0 Å². The molecule has 0 aliphatic rings. The monoisotopic (exact) mass is 143 g/mol. The summed E-state index contributed by atoms with van der Waals surface area (Å²) in [7, 11) is 0. The van der Waals surface area contributed by atoms with Crippen LogP contribution in [0, 0.1) is 0 Å². The highest BCUT2D eigenvalue weighted by molar-refractivity contribution is 5.77. The second-order valence-electron chi connectivity index (χ2n) is 2.20. The summed E-state index contributed by atoms with van der Waals surface area (Å²) in [5, 5.41) is 1.20. The van der Waals surface area contributed by atoms with Gasteiger partial charge in [0.1, 0.15) is 0 Å². The van der Waals surface area contributed by atoms with E-state index in [4.69, 9.17) is 0 Å². The van der Waals surface area contributed by atoms with E-state index in [1.165, 1.54) is 5.39 Å². The molecule has 3 radical (unpaired) electrons. The summed E-state index contributed by atoms with van der Waals surface area (Å²) in [5.41, 5.74) is 1.06. The Morgan fingerprint density at radius 2 is 1.64 bits per heavy atom. The summed E-state index contributed by atoms with van der Waals surface area (Å²) >= 11 is 0. The molecule has 11 heavy (non-hydrogen) atoms. The number of fused-ring (bicyclic) bond motifs is 1. The maximum absolute atomic E-state index is 4.18. The van der Waals surface area contributed by atoms with Crippen molar-refractivity contribution in [1.29, 1.82) is 0 Å². The Hall–Kier alpha value is -1.41. The number of pyridine rings is 1. The van der Waals surface area contributed by atoms with Crippen LogP contribution >= 0.6 is 0 Å². The van der Waals surface area contributed by atoms with Gasteiger partial charge in [0, 0.05) is 17.7 Å². The standard InChI is InChI=1S/C9H7N.N/c1-2-6-9-8(4-1)5-3-7-10-9;/h1-7H;. The van der Waals surface area contributed by atoms with E-state index in [2.05, 4.69) is 17.1 Å². The molecule has 2 nitrogen and oxygen atoms in total. The molecule has 1 aromatic carbocycles. The minimum Gasteiger partial charge on any atom is -0.256 e. The maximum Gasteiger partial charge on any atom is 0.0701 e. The van der Waals surface area contributed by atoms with Gasteiger partial charge in [0.2, 0.25) is 0 Å². The number of hydrogen-bond donors (Lipinski definition) is 0. The molecule has 0 amide bonds. The third-order valence-electron chi connectivity index (χ3n) is 1.51. The molecule has 0 saturated heterocycles. The van der Waals surface area contributed by atoms with E-state index in [-0.39, 0.29) is 6.15 Å². The van der Waals surface area contributed by atoms with Gasteiger partial charge >= 0.3 is 0 Å². The molecule has 0 aliphatic heterocycles. The zero-order chi connectivity index (χ0) is 6.81. The Kier molecular flexibility index (Phi) is 2.18. The number of nitrogens with zero attached hydrogens (tertiary/aromatic N) is 2. The highest BCUT2D eigenvalue weighted by Gasteiger charge is 1.86. The predicted molar refractivity (Wildman–Crippen MR) is 43.9 cm³/mol. The van der Waals surface area contributed by atoms with Crippen LogP contribution in [0.3, 0.4) is 0 Å². The minimum atomic E-state index is 0. The van der Waals surface area contributed by atoms with E-state index >= 15 is 0 Å². The smallest absolute Gasteiger partial charge is 0.0701 e. The molecule has 1 heterocycles. The first-order valence-corrected chi connectivity index (χ1v) is 3.26. The summed E-state index contributed by atoms with van der Waals surface area (Å²) in [6.45, 7) is 0. The molecular weight excluding hydrogens is 136 g/mol. The van der Waals surface area contributed by atoms with Gasteiger partial charge in [-0.2, -0.15) is 0 Å². The summed E-state index contributed by atoms with van der Waals surface area (Å²) in [5.74, 6) is 0. The van der Waals surface area contributed by atoms with Gasteiger partial charge in [-0.15, -0.1) is 0 Å². The number of para-hydroxylation sites is 1. The third-order valence-corrected chi connectivity index (χ3v) is 1.51. The van der Waals surface area contributed by atoms with Crippen LogP contribution in [0.5, 0.6) is 0 Å². The molecule has 2 aromatic rings. The van der Waals surface area contributed by atoms with Crippen molar-refractivity contribution in [3.63, 3.8) is 0 Å². The van der Waals surface area contributed by atoms with Crippen molar-refractivity contribution in [2.75, 3.05) is 0 Å². The van der Waals surface area contributed by atoms with Crippen molar-refractivity contribution < 1.29 is 0 Å². The van der Waals surface area contributed by atoms with Crippen LogP contribution in [0.1, 0.15) is 0 Å². The molecule has 0 aliphatic carbocycles. The van der Waals surface area contributed by atoms with E-state index in [0.717, 1.165) is 5.52 Å². The Balaban J connectivity index is 0.000000605. The van der Waals surface area contributed by atoms with Gasteiger partial charge in [0.25, 0.3) is 0 Å². The molecular formula is C9H7N2. The van der Waals surface area contributed by atoms with Crippen LogP contribution in [-0.2, 0) is 0 Å². The first-order chi connectivity index (χ1) is 4.97. The lowest BCUT2D eigenvalue weighted by atomic mass is 10.2. The summed E-state index contributed by atoms with van der Waals surface area (Å²) in [6, 6.07) is 12.1. The number of hydrogen-bond acceptors (Lipinski definition) is 1.